The molecule has 1 fully saturated rings. The maximum atomic E-state index is 12.7. The lowest BCUT2D eigenvalue weighted by Crippen LogP contribution is -2.65. The number of carbonyl (C=O) groups is 1. The molecular weight excluding hydrogens is 358 g/mol. The Hall–Kier alpha value is -2.69. The van der Waals surface area contributed by atoms with Crippen LogP contribution in [0.2, 0.25) is 0 Å². The summed E-state index contributed by atoms with van der Waals surface area (Å²) in [5.41, 5.74) is 9.26. The van der Waals surface area contributed by atoms with Gasteiger partial charge in [0.15, 0.2) is 0 Å². The standard InChI is InChI=1S/C25H27N3O/c26-24(29)25(15-21-7-3-4-8-22(21)16-25)28-12-11-27-23(17-28)14-18-9-10-19-5-1-2-6-20(19)13-18/h1-10,13,23,27H,11-12,14-17H2,(H2,26,29). The van der Waals surface area contributed by atoms with Gasteiger partial charge in [0.1, 0.15) is 5.54 Å². The first-order valence-electron chi connectivity index (χ1n) is 10.5. The van der Waals surface area contributed by atoms with Crippen molar-refractivity contribution in [2.24, 2.45) is 5.73 Å². The van der Waals surface area contributed by atoms with Crippen molar-refractivity contribution in [2.75, 3.05) is 19.6 Å². The summed E-state index contributed by atoms with van der Waals surface area (Å²) in [7, 11) is 0. The van der Waals surface area contributed by atoms with Crippen LogP contribution in [-0.2, 0) is 24.1 Å². The summed E-state index contributed by atoms with van der Waals surface area (Å²) in [6.45, 7) is 2.57. The van der Waals surface area contributed by atoms with Crippen LogP contribution in [0.4, 0.5) is 0 Å². The monoisotopic (exact) mass is 385 g/mol. The van der Waals surface area contributed by atoms with Crippen LogP contribution in [0, 0.1) is 0 Å². The third-order valence-electron chi connectivity index (χ3n) is 6.70. The van der Waals surface area contributed by atoms with Crippen molar-refractivity contribution >= 4 is 16.7 Å². The molecule has 1 heterocycles. The van der Waals surface area contributed by atoms with Crippen molar-refractivity contribution in [3.05, 3.63) is 83.4 Å². The molecular formula is C25H27N3O. The van der Waals surface area contributed by atoms with Crippen LogP contribution in [0.15, 0.2) is 66.7 Å². The molecule has 29 heavy (non-hydrogen) atoms. The van der Waals surface area contributed by atoms with Gasteiger partial charge in [0, 0.05) is 38.5 Å². The number of benzene rings is 3. The zero-order valence-electron chi connectivity index (χ0n) is 16.6. The summed E-state index contributed by atoms with van der Waals surface area (Å²) in [6.07, 6.45) is 2.39. The smallest absolute Gasteiger partial charge is 0.238 e. The van der Waals surface area contributed by atoms with Gasteiger partial charge >= 0.3 is 0 Å². The van der Waals surface area contributed by atoms with Gasteiger partial charge in [-0.2, -0.15) is 0 Å². The van der Waals surface area contributed by atoms with Gasteiger partial charge in [-0.05, 0) is 33.9 Å². The molecule has 0 spiro atoms. The summed E-state index contributed by atoms with van der Waals surface area (Å²) in [4.78, 5) is 15.0. The average molecular weight is 386 g/mol. The Kier molecular flexibility index (Phi) is 4.61. The third-order valence-corrected chi connectivity index (χ3v) is 6.70. The molecule has 1 aliphatic heterocycles. The molecule has 0 radical (unpaired) electrons. The summed E-state index contributed by atoms with van der Waals surface area (Å²) < 4.78 is 0. The molecule has 1 aliphatic carbocycles. The second-order valence-corrected chi connectivity index (χ2v) is 8.50. The fourth-order valence-corrected chi connectivity index (χ4v) is 5.15. The lowest BCUT2D eigenvalue weighted by atomic mass is 9.90. The third kappa shape index (κ3) is 3.33. The van der Waals surface area contributed by atoms with E-state index in [1.54, 1.807) is 0 Å². The predicted octanol–water partition coefficient (Wildman–Crippen LogP) is 2.68. The summed E-state index contributed by atoms with van der Waals surface area (Å²) >= 11 is 0. The van der Waals surface area contributed by atoms with Crippen LogP contribution in [0.5, 0.6) is 0 Å². The molecule has 0 saturated carbocycles. The van der Waals surface area contributed by atoms with E-state index in [9.17, 15) is 4.79 Å². The number of amides is 1. The normalized spacial score (nSPS) is 21.2. The quantitative estimate of drug-likeness (QED) is 0.726. The van der Waals surface area contributed by atoms with Crippen molar-refractivity contribution in [2.45, 2.75) is 30.8 Å². The average Bonchev–Trinajstić information content (AvgIpc) is 3.15. The number of primary amides is 1. The van der Waals surface area contributed by atoms with Crippen LogP contribution in [-0.4, -0.2) is 42.0 Å². The highest BCUT2D eigenvalue weighted by Gasteiger charge is 2.48. The second-order valence-electron chi connectivity index (χ2n) is 8.50. The first kappa shape index (κ1) is 18.3. The van der Waals surface area contributed by atoms with Gasteiger partial charge in [-0.1, -0.05) is 66.7 Å². The highest BCUT2D eigenvalue weighted by molar-refractivity contribution is 5.87. The largest absolute Gasteiger partial charge is 0.368 e. The van der Waals surface area contributed by atoms with E-state index in [2.05, 4.69) is 76.9 Å². The number of nitrogens with two attached hydrogens (primary N) is 1. The fourth-order valence-electron chi connectivity index (χ4n) is 5.15. The molecule has 0 aromatic heterocycles. The molecule has 0 bridgehead atoms. The number of rotatable bonds is 4. The number of fused-ring (bicyclic) bond motifs is 2. The summed E-state index contributed by atoms with van der Waals surface area (Å²) in [5, 5.41) is 6.20. The van der Waals surface area contributed by atoms with Crippen molar-refractivity contribution in [3.8, 4) is 0 Å². The van der Waals surface area contributed by atoms with E-state index in [1.807, 2.05) is 0 Å². The highest BCUT2D eigenvalue weighted by atomic mass is 16.1. The van der Waals surface area contributed by atoms with Crippen LogP contribution >= 0.6 is 0 Å². The van der Waals surface area contributed by atoms with Gasteiger partial charge in [-0.25, -0.2) is 0 Å². The number of piperazine rings is 1. The molecule has 1 amide bonds. The van der Waals surface area contributed by atoms with Gasteiger partial charge in [0.25, 0.3) is 0 Å². The van der Waals surface area contributed by atoms with Gasteiger partial charge in [0.05, 0.1) is 0 Å². The molecule has 5 rings (SSSR count). The Balaban J connectivity index is 1.36. The molecule has 3 aromatic rings. The fraction of sp³-hybridized carbons (Fsp3) is 0.320. The van der Waals surface area contributed by atoms with Crippen molar-refractivity contribution in [1.29, 1.82) is 0 Å². The summed E-state index contributed by atoms with van der Waals surface area (Å²) in [5.74, 6) is -0.194. The molecule has 4 heteroatoms. The number of nitrogens with one attached hydrogen (secondary N) is 1. The van der Waals surface area contributed by atoms with Gasteiger partial charge < -0.3 is 11.1 Å². The minimum atomic E-state index is -0.590. The minimum Gasteiger partial charge on any atom is -0.368 e. The maximum Gasteiger partial charge on any atom is 0.238 e. The van der Waals surface area contributed by atoms with E-state index in [0.29, 0.717) is 6.04 Å². The van der Waals surface area contributed by atoms with E-state index in [4.69, 9.17) is 5.73 Å². The first-order chi connectivity index (χ1) is 14.1. The van der Waals surface area contributed by atoms with E-state index in [1.165, 1.54) is 27.5 Å². The van der Waals surface area contributed by atoms with Gasteiger partial charge in [-0.15, -0.1) is 0 Å². The van der Waals surface area contributed by atoms with Gasteiger partial charge in [0.2, 0.25) is 5.91 Å². The Morgan fingerprint density at radius 3 is 2.41 bits per heavy atom. The molecule has 3 aromatic carbocycles. The minimum absolute atomic E-state index is 0.194. The Morgan fingerprint density at radius 2 is 1.69 bits per heavy atom. The van der Waals surface area contributed by atoms with E-state index in [-0.39, 0.29) is 5.91 Å². The lowest BCUT2D eigenvalue weighted by Gasteiger charge is -2.44. The molecule has 3 N–H and O–H groups in total. The predicted molar refractivity (Wildman–Crippen MR) is 117 cm³/mol. The molecule has 1 unspecified atom stereocenters. The Bertz CT molecular complexity index is 1040. The van der Waals surface area contributed by atoms with Crippen LogP contribution in [0.25, 0.3) is 10.8 Å². The van der Waals surface area contributed by atoms with Crippen molar-refractivity contribution in [3.63, 3.8) is 0 Å². The van der Waals surface area contributed by atoms with E-state index >= 15 is 0 Å². The molecule has 1 atom stereocenters. The van der Waals surface area contributed by atoms with Crippen LogP contribution in [0.1, 0.15) is 16.7 Å². The zero-order chi connectivity index (χ0) is 19.8. The zero-order valence-corrected chi connectivity index (χ0v) is 16.6. The molecule has 1 saturated heterocycles. The second kappa shape index (κ2) is 7.29. The Labute approximate surface area is 171 Å². The maximum absolute atomic E-state index is 12.7. The first-order valence-corrected chi connectivity index (χ1v) is 10.5. The van der Waals surface area contributed by atoms with Gasteiger partial charge in [-0.3, -0.25) is 9.69 Å². The number of nitrogens with zero attached hydrogens (tertiary/aromatic N) is 1. The SMILES string of the molecule is NC(=O)C1(N2CCNC(Cc3ccc4ccccc4c3)C2)Cc2ccccc2C1. The van der Waals surface area contributed by atoms with Crippen LogP contribution in [0.3, 0.4) is 0 Å². The highest BCUT2D eigenvalue weighted by Crippen LogP contribution is 2.35. The number of hydrogen-bond acceptors (Lipinski definition) is 3. The Morgan fingerprint density at radius 1 is 1.00 bits per heavy atom. The van der Waals surface area contributed by atoms with E-state index < -0.39 is 5.54 Å². The topological polar surface area (TPSA) is 58.4 Å². The number of hydrogen-bond donors (Lipinski definition) is 2. The lowest BCUT2D eigenvalue weighted by molar-refractivity contribution is -0.130. The van der Waals surface area contributed by atoms with E-state index in [0.717, 1.165) is 38.9 Å². The molecule has 4 nitrogen and oxygen atoms in total. The summed E-state index contributed by atoms with van der Waals surface area (Å²) in [6, 6.07) is 23.9. The van der Waals surface area contributed by atoms with Crippen LogP contribution < -0.4 is 11.1 Å². The van der Waals surface area contributed by atoms with Crippen molar-refractivity contribution in [1.82, 2.24) is 10.2 Å². The number of carbonyl (C=O) groups excluding carboxylic acids is 1. The van der Waals surface area contributed by atoms with Crippen molar-refractivity contribution < 1.29 is 4.79 Å². The molecule has 2 aliphatic rings. The molecule has 148 valence electrons.